The van der Waals surface area contributed by atoms with E-state index in [2.05, 4.69) is 58.2 Å². The molecule has 1 aromatic heterocycles. The minimum absolute atomic E-state index is 0.406. The summed E-state index contributed by atoms with van der Waals surface area (Å²) >= 11 is 0. The third-order valence-electron chi connectivity index (χ3n) is 4.49. The smallest absolute Gasteiger partial charge is 0.331 e. The van der Waals surface area contributed by atoms with E-state index < -0.39 is 0 Å². The van der Waals surface area contributed by atoms with Crippen LogP contribution in [0.25, 0.3) is 0 Å². The van der Waals surface area contributed by atoms with Gasteiger partial charge in [0, 0.05) is 0 Å². The van der Waals surface area contributed by atoms with Gasteiger partial charge < -0.3 is 14.3 Å². The lowest BCUT2D eigenvalue weighted by molar-refractivity contribution is 0.431. The van der Waals surface area contributed by atoms with E-state index in [1.54, 1.807) is 0 Å². The molecule has 5 nitrogen and oxygen atoms in total. The average Bonchev–Trinajstić information content (AvgIpc) is 2.96. The highest BCUT2D eigenvalue weighted by molar-refractivity contribution is 6.73. The van der Waals surface area contributed by atoms with Crippen LogP contribution in [-0.4, -0.2) is 54.0 Å². The number of nitrogens with zero attached hydrogens (tertiary/aromatic N) is 4. The van der Waals surface area contributed by atoms with Gasteiger partial charge in [0.15, 0.2) is 0 Å². The summed E-state index contributed by atoms with van der Waals surface area (Å²) < 4.78 is 2.58. The molecule has 7 heteroatoms. The number of hydrogen-bond acceptors (Lipinski definition) is 4. The fourth-order valence-electron chi connectivity index (χ4n) is 3.00. The molecular weight excluding hydrogens is 248 g/mol. The molecule has 1 aromatic rings. The van der Waals surface area contributed by atoms with Gasteiger partial charge >= 0.3 is 6.98 Å². The molecule has 0 atom stereocenters. The van der Waals surface area contributed by atoms with Crippen molar-refractivity contribution in [2.45, 2.75) is 46.3 Å². The van der Waals surface area contributed by atoms with Crippen LogP contribution in [0.3, 0.4) is 0 Å². The van der Waals surface area contributed by atoms with Crippen LogP contribution in [0.2, 0.25) is 13.6 Å². The van der Waals surface area contributed by atoms with Gasteiger partial charge in [-0.25, -0.2) is 0 Å². The summed E-state index contributed by atoms with van der Waals surface area (Å²) in [4.78, 5) is 4.77. The zero-order valence-corrected chi connectivity index (χ0v) is 13.3. The Hall–Kier alpha value is -0.940. The van der Waals surface area contributed by atoms with Gasteiger partial charge in [0.2, 0.25) is 0 Å². The van der Waals surface area contributed by atoms with Gasteiger partial charge in [-0.05, 0) is 26.1 Å². The zero-order chi connectivity index (χ0) is 14.5. The Labute approximate surface area is 123 Å². The maximum atomic E-state index is 4.08. The van der Waals surface area contributed by atoms with E-state index in [-0.39, 0.29) is 0 Å². The minimum Gasteiger partial charge on any atom is -0.375 e. The molecule has 0 amide bonds. The zero-order valence-electron chi connectivity index (χ0n) is 13.3. The first-order chi connectivity index (χ1) is 9.65. The molecule has 1 aliphatic rings. The van der Waals surface area contributed by atoms with Gasteiger partial charge in [0.25, 0.3) is 6.98 Å². The van der Waals surface area contributed by atoms with Crippen molar-refractivity contribution >= 4 is 19.8 Å². The fraction of sp³-hybridized carbons (Fsp3) is 0.769. The predicted octanol–water partition coefficient (Wildman–Crippen LogP) is 2.24. The van der Waals surface area contributed by atoms with E-state index >= 15 is 0 Å². The van der Waals surface area contributed by atoms with Crippen molar-refractivity contribution in [3.8, 4) is 0 Å². The Balaban J connectivity index is 2.00. The van der Waals surface area contributed by atoms with Crippen molar-refractivity contribution in [1.29, 1.82) is 0 Å². The van der Waals surface area contributed by atoms with Crippen LogP contribution in [0.5, 0.6) is 0 Å². The first kappa shape index (κ1) is 15.4. The van der Waals surface area contributed by atoms with Gasteiger partial charge in [-0.1, -0.05) is 39.8 Å². The number of unbranched alkanes of at least 4 members (excludes halogenated alkanes) is 3. The molecule has 1 saturated heterocycles. The molecule has 0 saturated carbocycles. The first-order valence-electron chi connectivity index (χ1n) is 7.87. The summed E-state index contributed by atoms with van der Waals surface area (Å²) in [6.45, 7) is 9.87. The van der Waals surface area contributed by atoms with Gasteiger partial charge in [-0.2, -0.15) is 5.10 Å². The highest BCUT2D eigenvalue weighted by Crippen LogP contribution is 2.21. The molecule has 0 radical (unpaired) electrons. The number of hydrogen-bond donors (Lipinski definition) is 1. The molecule has 0 aliphatic carbocycles. The van der Waals surface area contributed by atoms with E-state index in [9.17, 15) is 0 Å². The minimum atomic E-state index is 0.406. The lowest BCUT2D eigenvalue weighted by Crippen LogP contribution is -2.69. The van der Waals surface area contributed by atoms with Crippen LogP contribution < -0.4 is 4.81 Å². The predicted molar refractivity (Wildman–Crippen MR) is 87.8 cm³/mol. The number of nitrogens with one attached hydrogen (secondary N) is 1. The normalized spacial score (nSPS) is 18.1. The van der Waals surface area contributed by atoms with E-state index in [1.165, 1.54) is 25.7 Å². The van der Waals surface area contributed by atoms with Crippen LogP contribution in [0, 0.1) is 0 Å². The Kier molecular flexibility index (Phi) is 5.54. The molecule has 0 aromatic carbocycles. The maximum Gasteiger partial charge on any atom is 0.331 e. The van der Waals surface area contributed by atoms with Gasteiger partial charge in [0.05, 0.1) is 12.9 Å². The molecule has 0 spiro atoms. The van der Waals surface area contributed by atoms with E-state index in [0.29, 0.717) is 14.0 Å². The van der Waals surface area contributed by atoms with Gasteiger partial charge in [-0.15, -0.1) is 0 Å². The molecule has 0 unspecified atom stereocenters. The van der Waals surface area contributed by atoms with E-state index in [4.69, 9.17) is 0 Å². The standard InChI is InChI=1S/C13H27B2N5/c1-5-6-7-8-11-20-14(2)18(4)12-19(15(20)3)13-9-10-16-17-13/h9-10H,5-8,11-12H2,1-4H3,(H,16,17). The van der Waals surface area contributed by atoms with E-state index in [1.807, 2.05) is 6.20 Å². The summed E-state index contributed by atoms with van der Waals surface area (Å²) in [5.41, 5.74) is 0. The molecule has 20 heavy (non-hydrogen) atoms. The number of aromatic nitrogens is 2. The van der Waals surface area contributed by atoms with Crippen LogP contribution >= 0.6 is 0 Å². The monoisotopic (exact) mass is 275 g/mol. The van der Waals surface area contributed by atoms with Gasteiger partial charge in [0.1, 0.15) is 5.82 Å². The first-order valence-corrected chi connectivity index (χ1v) is 7.87. The fourth-order valence-corrected chi connectivity index (χ4v) is 3.00. The second-order valence-electron chi connectivity index (χ2n) is 5.87. The molecular formula is C13H27B2N5. The van der Waals surface area contributed by atoms with Crippen LogP contribution in [0.1, 0.15) is 32.6 Å². The maximum absolute atomic E-state index is 4.08. The number of aromatic amines is 1. The Morgan fingerprint density at radius 3 is 2.70 bits per heavy atom. The molecule has 0 bridgehead atoms. The Bertz CT molecular complexity index is 386. The third-order valence-corrected chi connectivity index (χ3v) is 4.49. The van der Waals surface area contributed by atoms with Crippen molar-refractivity contribution in [2.24, 2.45) is 0 Å². The van der Waals surface area contributed by atoms with Gasteiger partial charge in [-0.3, -0.25) is 5.10 Å². The van der Waals surface area contributed by atoms with Crippen LogP contribution in [0.15, 0.2) is 12.3 Å². The number of rotatable bonds is 6. The summed E-state index contributed by atoms with van der Waals surface area (Å²) in [6.07, 6.45) is 7.08. The second kappa shape index (κ2) is 7.18. The number of anilines is 1. The lowest BCUT2D eigenvalue weighted by atomic mass is 9.57. The summed E-state index contributed by atoms with van der Waals surface area (Å²) in [5, 5.41) is 7.18. The van der Waals surface area contributed by atoms with Crippen LogP contribution in [-0.2, 0) is 0 Å². The molecule has 1 aliphatic heterocycles. The van der Waals surface area contributed by atoms with Crippen molar-refractivity contribution in [3.63, 3.8) is 0 Å². The molecule has 1 fully saturated rings. The van der Waals surface area contributed by atoms with E-state index in [0.717, 1.165) is 19.0 Å². The Morgan fingerprint density at radius 1 is 1.25 bits per heavy atom. The third kappa shape index (κ3) is 3.38. The molecule has 2 rings (SSSR count). The Morgan fingerprint density at radius 2 is 2.05 bits per heavy atom. The average molecular weight is 275 g/mol. The highest BCUT2D eigenvalue weighted by Gasteiger charge is 2.39. The van der Waals surface area contributed by atoms with Crippen molar-refractivity contribution in [1.82, 2.24) is 19.7 Å². The largest absolute Gasteiger partial charge is 0.375 e. The lowest BCUT2D eigenvalue weighted by Gasteiger charge is -2.48. The molecule has 110 valence electrons. The second-order valence-corrected chi connectivity index (χ2v) is 5.87. The summed E-state index contributed by atoms with van der Waals surface area (Å²) in [7, 11) is 2.19. The SMILES string of the molecule is CCCCCCN1B(C)N(C)CN(c2ccn[nH]2)B1C. The van der Waals surface area contributed by atoms with Crippen LogP contribution in [0.4, 0.5) is 5.82 Å². The highest BCUT2D eigenvalue weighted by atomic mass is 15.4. The van der Waals surface area contributed by atoms with Crippen molar-refractivity contribution in [3.05, 3.63) is 12.3 Å². The quantitative estimate of drug-likeness (QED) is 0.638. The topological polar surface area (TPSA) is 38.4 Å². The van der Waals surface area contributed by atoms with Crippen molar-refractivity contribution < 1.29 is 0 Å². The van der Waals surface area contributed by atoms with Crippen molar-refractivity contribution in [2.75, 3.05) is 25.1 Å². The summed E-state index contributed by atoms with van der Waals surface area (Å²) in [6, 6.07) is 2.05. The summed E-state index contributed by atoms with van der Waals surface area (Å²) in [5.74, 6) is 1.11. The number of H-pyrrole nitrogens is 1. The molecule has 1 N–H and O–H groups in total. The molecule has 2 heterocycles.